The van der Waals surface area contributed by atoms with Crippen LogP contribution in [0.15, 0.2) is 54.6 Å². The molecule has 5 rings (SSSR count). The molecule has 0 N–H and O–H groups in total. The maximum atomic E-state index is 14.0. The molecule has 0 radical (unpaired) electrons. The number of pyridine rings is 1. The van der Waals surface area contributed by atoms with Crippen molar-refractivity contribution in [2.45, 2.75) is 12.8 Å². The van der Waals surface area contributed by atoms with E-state index in [9.17, 15) is 8.78 Å². The molecule has 0 saturated carbocycles. The number of fused-ring (bicyclic) bond motifs is 1. The van der Waals surface area contributed by atoms with Gasteiger partial charge in [0.15, 0.2) is 5.82 Å². The predicted octanol–water partition coefficient (Wildman–Crippen LogP) is 4.39. The zero-order valence-corrected chi connectivity index (χ0v) is 17.0. The van der Waals surface area contributed by atoms with Gasteiger partial charge in [-0.1, -0.05) is 11.6 Å². The van der Waals surface area contributed by atoms with Gasteiger partial charge in [-0.25, -0.2) is 18.7 Å². The average Bonchev–Trinajstić information content (AvgIpc) is 3.21. The van der Waals surface area contributed by atoms with Gasteiger partial charge in [0, 0.05) is 49.7 Å². The number of rotatable bonds is 3. The first-order chi connectivity index (χ1) is 15.1. The van der Waals surface area contributed by atoms with E-state index in [4.69, 9.17) is 9.97 Å². The van der Waals surface area contributed by atoms with Crippen LogP contribution in [0.4, 0.5) is 14.6 Å². The lowest BCUT2D eigenvalue weighted by atomic mass is 10.00. The van der Waals surface area contributed by atoms with Gasteiger partial charge in [-0.3, -0.25) is 9.67 Å². The molecule has 0 spiro atoms. The molecule has 31 heavy (non-hydrogen) atoms. The predicted molar refractivity (Wildman–Crippen MR) is 115 cm³/mol. The molecule has 1 saturated heterocycles. The lowest BCUT2D eigenvalue weighted by Gasteiger charge is -2.30. The summed E-state index contributed by atoms with van der Waals surface area (Å²) in [5.74, 6) is -0.302. The summed E-state index contributed by atoms with van der Waals surface area (Å²) in [5.41, 5.74) is 4.72. The molecule has 1 fully saturated rings. The van der Waals surface area contributed by atoms with Crippen molar-refractivity contribution in [1.82, 2.24) is 24.7 Å². The van der Waals surface area contributed by atoms with Crippen LogP contribution in [0, 0.1) is 11.6 Å². The Labute approximate surface area is 177 Å². The highest BCUT2D eigenvalue weighted by Crippen LogP contribution is 2.32. The molecule has 1 aliphatic heterocycles. The number of hydrogen-bond acceptors (Lipinski definition) is 5. The summed E-state index contributed by atoms with van der Waals surface area (Å²) in [6.07, 6.45) is 10.5. The minimum atomic E-state index is -0.567. The molecule has 0 unspecified atom stereocenters. The van der Waals surface area contributed by atoms with Crippen molar-refractivity contribution in [3.63, 3.8) is 0 Å². The second-order valence-corrected chi connectivity index (χ2v) is 7.62. The molecule has 156 valence electrons. The van der Waals surface area contributed by atoms with Crippen LogP contribution in [0.5, 0.6) is 0 Å². The third-order valence-corrected chi connectivity index (χ3v) is 5.45. The van der Waals surface area contributed by atoms with E-state index >= 15 is 0 Å². The second kappa shape index (κ2) is 7.86. The van der Waals surface area contributed by atoms with Crippen molar-refractivity contribution >= 4 is 22.9 Å². The van der Waals surface area contributed by atoms with Crippen LogP contribution in [0.25, 0.3) is 28.4 Å². The third-order valence-electron chi connectivity index (χ3n) is 5.45. The van der Waals surface area contributed by atoms with Crippen molar-refractivity contribution in [3.05, 3.63) is 71.8 Å². The molecule has 4 heterocycles. The minimum absolute atomic E-state index is 0.416. The summed E-state index contributed by atoms with van der Waals surface area (Å²) in [5, 5.41) is 4.28. The molecule has 1 aromatic carbocycles. The number of aromatic nitrogens is 5. The van der Waals surface area contributed by atoms with Crippen molar-refractivity contribution < 1.29 is 8.78 Å². The van der Waals surface area contributed by atoms with Gasteiger partial charge in [-0.2, -0.15) is 5.10 Å². The number of benzene rings is 1. The Hall–Kier alpha value is -3.68. The van der Waals surface area contributed by atoms with E-state index in [2.05, 4.69) is 15.0 Å². The van der Waals surface area contributed by atoms with Crippen LogP contribution in [0.3, 0.4) is 0 Å². The number of piperidine rings is 1. The summed E-state index contributed by atoms with van der Waals surface area (Å²) in [6.45, 7) is 1.46. The Morgan fingerprint density at radius 1 is 1.00 bits per heavy atom. The smallest absolute Gasteiger partial charge is 0.156 e. The highest BCUT2D eigenvalue weighted by Gasteiger charge is 2.22. The molecule has 1 aliphatic rings. The summed E-state index contributed by atoms with van der Waals surface area (Å²) < 4.78 is 28.9. The Bertz CT molecular complexity index is 1290. The van der Waals surface area contributed by atoms with Crippen LogP contribution < -0.4 is 4.90 Å². The number of nitrogens with zero attached hydrogens (tertiary/aromatic N) is 6. The molecule has 6 nitrogen and oxygen atoms in total. The van der Waals surface area contributed by atoms with Gasteiger partial charge in [-0.05, 0) is 31.0 Å². The fourth-order valence-corrected chi connectivity index (χ4v) is 3.84. The Kier molecular flexibility index (Phi) is 4.89. The molecule has 4 aromatic rings. The van der Waals surface area contributed by atoms with Gasteiger partial charge >= 0.3 is 0 Å². The molecular weight excluding hydrogens is 398 g/mol. The van der Waals surface area contributed by atoms with Crippen molar-refractivity contribution in [2.24, 2.45) is 7.05 Å². The third kappa shape index (κ3) is 3.88. The zero-order chi connectivity index (χ0) is 21.4. The van der Waals surface area contributed by atoms with E-state index in [1.54, 1.807) is 23.3 Å². The molecule has 0 aliphatic carbocycles. The van der Waals surface area contributed by atoms with Crippen LogP contribution in [0.2, 0.25) is 0 Å². The summed E-state index contributed by atoms with van der Waals surface area (Å²) >= 11 is 0. The van der Waals surface area contributed by atoms with Crippen molar-refractivity contribution in [3.8, 4) is 11.3 Å². The first-order valence-electron chi connectivity index (χ1n) is 10.1. The van der Waals surface area contributed by atoms with E-state index < -0.39 is 11.6 Å². The number of aryl methyl sites for hydroxylation is 1. The van der Waals surface area contributed by atoms with Crippen LogP contribution in [-0.2, 0) is 7.05 Å². The molecule has 3 aromatic heterocycles. The van der Waals surface area contributed by atoms with E-state index in [0.29, 0.717) is 5.56 Å². The Morgan fingerprint density at radius 2 is 1.84 bits per heavy atom. The van der Waals surface area contributed by atoms with Crippen LogP contribution >= 0.6 is 0 Å². The monoisotopic (exact) mass is 418 g/mol. The van der Waals surface area contributed by atoms with Gasteiger partial charge in [0.05, 0.1) is 17.9 Å². The van der Waals surface area contributed by atoms with E-state index in [1.165, 1.54) is 12.1 Å². The quantitative estimate of drug-likeness (QED) is 0.494. The van der Waals surface area contributed by atoms with E-state index in [0.717, 1.165) is 65.7 Å². The molecule has 8 heteroatoms. The molecule has 0 atom stereocenters. The molecule has 0 bridgehead atoms. The normalized spacial score (nSPS) is 14.3. The lowest BCUT2D eigenvalue weighted by molar-refractivity contribution is 0.581. The number of anilines is 1. The second-order valence-electron chi connectivity index (χ2n) is 7.62. The molecular formula is C23H20F2N6. The van der Waals surface area contributed by atoms with Crippen LogP contribution in [-0.4, -0.2) is 37.8 Å². The largest absolute Gasteiger partial charge is 0.354 e. The maximum absolute atomic E-state index is 14.0. The van der Waals surface area contributed by atoms with Gasteiger partial charge < -0.3 is 4.90 Å². The molecule has 0 amide bonds. The minimum Gasteiger partial charge on any atom is -0.354 e. The lowest BCUT2D eigenvalue weighted by Crippen LogP contribution is -2.32. The fraction of sp³-hybridized carbons (Fsp3) is 0.217. The van der Waals surface area contributed by atoms with Crippen molar-refractivity contribution in [1.29, 1.82) is 0 Å². The maximum Gasteiger partial charge on any atom is 0.156 e. The first kappa shape index (κ1) is 19.3. The highest BCUT2D eigenvalue weighted by molar-refractivity contribution is 5.82. The van der Waals surface area contributed by atoms with Gasteiger partial charge in [0.1, 0.15) is 22.8 Å². The first-order valence-corrected chi connectivity index (χ1v) is 10.1. The summed E-state index contributed by atoms with van der Waals surface area (Å²) in [7, 11) is 1.87. The van der Waals surface area contributed by atoms with E-state index in [-0.39, 0.29) is 0 Å². The number of halogens is 2. The average molecular weight is 418 g/mol. The highest BCUT2D eigenvalue weighted by atomic mass is 19.1. The topological polar surface area (TPSA) is 59.7 Å². The van der Waals surface area contributed by atoms with Crippen molar-refractivity contribution in [2.75, 3.05) is 18.0 Å². The Morgan fingerprint density at radius 3 is 2.58 bits per heavy atom. The zero-order valence-electron chi connectivity index (χ0n) is 17.0. The van der Waals surface area contributed by atoms with Gasteiger partial charge in [0.2, 0.25) is 0 Å². The fourth-order valence-electron chi connectivity index (χ4n) is 3.84. The standard InChI is InChI=1S/C23H20F2N6/c1-30-14-17(12-27-30)22-23(29-20-4-7-26-13-21(20)28-22)31-8-5-15(6-9-31)10-16-2-3-18(24)11-19(16)25/h2-4,7,10-14H,5-6,8-9H2,1H3. The summed E-state index contributed by atoms with van der Waals surface area (Å²) in [6, 6.07) is 5.53. The van der Waals surface area contributed by atoms with Gasteiger partial charge in [-0.15, -0.1) is 0 Å². The SMILES string of the molecule is Cn1cc(-c2nc3cnccc3nc2N2CCC(=Cc3ccc(F)cc3F)CC2)cn1. The number of hydrogen-bond donors (Lipinski definition) is 0. The van der Waals surface area contributed by atoms with Crippen LogP contribution in [0.1, 0.15) is 18.4 Å². The van der Waals surface area contributed by atoms with Gasteiger partial charge in [0.25, 0.3) is 0 Å². The van der Waals surface area contributed by atoms with E-state index in [1.807, 2.05) is 25.4 Å². The summed E-state index contributed by atoms with van der Waals surface area (Å²) in [4.78, 5) is 16.1. The Balaban J connectivity index is 1.45.